The van der Waals surface area contributed by atoms with Crippen LogP contribution in [-0.2, 0) is 13.5 Å². The molecule has 0 spiro atoms. The van der Waals surface area contributed by atoms with Gasteiger partial charge >= 0.3 is 0 Å². The zero-order valence-corrected chi connectivity index (χ0v) is 14.5. The number of amides is 1. The molecule has 1 amide bonds. The summed E-state index contributed by atoms with van der Waals surface area (Å²) in [7, 11) is 1.85. The first-order valence-corrected chi connectivity index (χ1v) is 8.43. The van der Waals surface area contributed by atoms with Crippen molar-refractivity contribution >= 4 is 21.8 Å². The first-order valence-electron chi connectivity index (χ1n) is 7.64. The van der Waals surface area contributed by atoms with E-state index in [1.165, 1.54) is 17.5 Å². The van der Waals surface area contributed by atoms with Crippen LogP contribution in [0.2, 0.25) is 0 Å². The van der Waals surface area contributed by atoms with E-state index in [0.717, 1.165) is 29.4 Å². The van der Waals surface area contributed by atoms with Crippen LogP contribution in [0.5, 0.6) is 0 Å². The third kappa shape index (κ3) is 2.95. The van der Waals surface area contributed by atoms with E-state index in [0.29, 0.717) is 5.56 Å². The second-order valence-corrected chi connectivity index (χ2v) is 6.80. The quantitative estimate of drug-likeness (QED) is 0.829. The van der Waals surface area contributed by atoms with Crippen molar-refractivity contribution in [3.8, 4) is 0 Å². The summed E-state index contributed by atoms with van der Waals surface area (Å²) < 4.78 is 2.83. The van der Waals surface area contributed by atoms with Gasteiger partial charge in [-0.1, -0.05) is 28.4 Å². The van der Waals surface area contributed by atoms with E-state index in [9.17, 15) is 4.79 Å². The van der Waals surface area contributed by atoms with E-state index in [1.807, 2.05) is 14.0 Å². The summed E-state index contributed by atoms with van der Waals surface area (Å²) in [5.74, 6) is -0.0358. The maximum Gasteiger partial charge on any atom is 0.255 e. The van der Waals surface area contributed by atoms with E-state index in [1.54, 1.807) is 10.9 Å². The molecular formula is C17H20BrN3O. The lowest BCUT2D eigenvalue weighted by Crippen LogP contribution is -2.29. The minimum Gasteiger partial charge on any atom is -0.345 e. The number of aromatic nitrogens is 2. The average molecular weight is 362 g/mol. The molecule has 1 aromatic heterocycles. The van der Waals surface area contributed by atoms with Crippen LogP contribution in [0.4, 0.5) is 0 Å². The van der Waals surface area contributed by atoms with E-state index in [-0.39, 0.29) is 11.9 Å². The Balaban J connectivity index is 1.86. The van der Waals surface area contributed by atoms with Crippen molar-refractivity contribution in [3.63, 3.8) is 0 Å². The van der Waals surface area contributed by atoms with Crippen LogP contribution in [0.3, 0.4) is 0 Å². The summed E-state index contributed by atoms with van der Waals surface area (Å²) in [5, 5.41) is 7.35. The van der Waals surface area contributed by atoms with Gasteiger partial charge in [-0.3, -0.25) is 9.48 Å². The zero-order chi connectivity index (χ0) is 15.7. The van der Waals surface area contributed by atoms with Gasteiger partial charge in [0.2, 0.25) is 0 Å². The molecule has 0 aliphatic heterocycles. The predicted octanol–water partition coefficient (Wildman–Crippen LogP) is 3.69. The Morgan fingerprint density at radius 3 is 2.95 bits per heavy atom. The maximum atomic E-state index is 12.6. The van der Waals surface area contributed by atoms with Crippen LogP contribution in [0.1, 0.15) is 52.5 Å². The fourth-order valence-electron chi connectivity index (χ4n) is 3.06. The van der Waals surface area contributed by atoms with Gasteiger partial charge in [-0.15, -0.1) is 0 Å². The topological polar surface area (TPSA) is 46.9 Å². The SMILES string of the molecule is Cc1c(C(=O)NC2CCCCc3cc(Br)ccc32)cnn1C. The maximum absolute atomic E-state index is 12.6. The summed E-state index contributed by atoms with van der Waals surface area (Å²) >= 11 is 3.54. The first kappa shape index (κ1) is 15.3. The van der Waals surface area contributed by atoms with Gasteiger partial charge in [0, 0.05) is 17.2 Å². The Morgan fingerprint density at radius 1 is 1.41 bits per heavy atom. The lowest BCUT2D eigenvalue weighted by atomic mass is 9.99. The number of rotatable bonds is 2. The fourth-order valence-corrected chi connectivity index (χ4v) is 3.47. The number of nitrogens with one attached hydrogen (secondary N) is 1. The first-order chi connectivity index (χ1) is 10.6. The van der Waals surface area contributed by atoms with Crippen LogP contribution in [0.25, 0.3) is 0 Å². The van der Waals surface area contributed by atoms with E-state index < -0.39 is 0 Å². The standard InChI is InChI=1S/C17H20BrN3O/c1-11-15(10-19-21(11)2)17(22)20-16-6-4-3-5-12-9-13(18)7-8-14(12)16/h7-10,16H,3-6H2,1-2H3,(H,20,22). The van der Waals surface area contributed by atoms with Crippen LogP contribution < -0.4 is 5.32 Å². The average Bonchev–Trinajstić information content (AvgIpc) is 2.71. The fraction of sp³-hybridized carbons (Fsp3) is 0.412. The molecule has 0 radical (unpaired) electrons. The summed E-state index contributed by atoms with van der Waals surface area (Å²) in [6.45, 7) is 1.92. The minimum absolute atomic E-state index is 0.0358. The lowest BCUT2D eigenvalue weighted by Gasteiger charge is -2.19. The van der Waals surface area contributed by atoms with E-state index in [4.69, 9.17) is 0 Å². The molecule has 1 aliphatic carbocycles. The third-order valence-electron chi connectivity index (χ3n) is 4.45. The highest BCUT2D eigenvalue weighted by molar-refractivity contribution is 9.10. The largest absolute Gasteiger partial charge is 0.345 e. The number of carbonyl (C=O) groups is 1. The molecule has 1 heterocycles. The second kappa shape index (κ2) is 6.24. The van der Waals surface area contributed by atoms with E-state index >= 15 is 0 Å². The van der Waals surface area contributed by atoms with Crippen LogP contribution >= 0.6 is 15.9 Å². The van der Waals surface area contributed by atoms with Gasteiger partial charge in [0.05, 0.1) is 17.8 Å². The molecule has 22 heavy (non-hydrogen) atoms. The van der Waals surface area contributed by atoms with Crippen molar-refractivity contribution in [2.24, 2.45) is 7.05 Å². The summed E-state index contributed by atoms with van der Waals surface area (Å²) in [6.07, 6.45) is 6.00. The number of aryl methyl sites for hydroxylation is 2. The zero-order valence-electron chi connectivity index (χ0n) is 12.9. The highest BCUT2D eigenvalue weighted by Gasteiger charge is 2.22. The molecule has 0 bridgehead atoms. The summed E-state index contributed by atoms with van der Waals surface area (Å²) in [6, 6.07) is 6.44. The minimum atomic E-state index is -0.0358. The predicted molar refractivity (Wildman–Crippen MR) is 89.8 cm³/mol. The number of fused-ring (bicyclic) bond motifs is 1. The Morgan fingerprint density at radius 2 is 2.23 bits per heavy atom. The van der Waals surface area contributed by atoms with Crippen LogP contribution in [0, 0.1) is 6.92 Å². The molecule has 1 aliphatic rings. The van der Waals surface area contributed by atoms with E-state index in [2.05, 4.69) is 44.5 Å². The molecule has 1 unspecified atom stereocenters. The van der Waals surface area contributed by atoms with Gasteiger partial charge in [0.25, 0.3) is 5.91 Å². The van der Waals surface area contributed by atoms with Crippen molar-refractivity contribution in [3.05, 3.63) is 51.3 Å². The number of hydrogen-bond acceptors (Lipinski definition) is 2. The summed E-state index contributed by atoms with van der Waals surface area (Å²) in [5.41, 5.74) is 4.13. The molecule has 3 rings (SSSR count). The van der Waals surface area contributed by atoms with Gasteiger partial charge in [0.1, 0.15) is 0 Å². The number of nitrogens with zero attached hydrogens (tertiary/aromatic N) is 2. The van der Waals surface area contributed by atoms with Crippen LogP contribution in [0.15, 0.2) is 28.9 Å². The molecule has 1 N–H and O–H groups in total. The smallest absolute Gasteiger partial charge is 0.255 e. The molecule has 5 heteroatoms. The number of benzene rings is 1. The third-order valence-corrected chi connectivity index (χ3v) is 4.95. The molecule has 2 aromatic rings. The molecular weight excluding hydrogens is 342 g/mol. The molecule has 0 fully saturated rings. The molecule has 0 saturated heterocycles. The Labute approximate surface area is 139 Å². The van der Waals surface area contributed by atoms with Crippen molar-refractivity contribution in [2.45, 2.75) is 38.6 Å². The van der Waals surface area contributed by atoms with Crippen molar-refractivity contribution in [2.75, 3.05) is 0 Å². The molecule has 116 valence electrons. The van der Waals surface area contributed by atoms with Crippen molar-refractivity contribution < 1.29 is 4.79 Å². The molecule has 1 atom stereocenters. The second-order valence-electron chi connectivity index (χ2n) is 5.88. The van der Waals surface area contributed by atoms with Gasteiger partial charge in [0.15, 0.2) is 0 Å². The monoisotopic (exact) mass is 361 g/mol. The lowest BCUT2D eigenvalue weighted by molar-refractivity contribution is 0.0934. The van der Waals surface area contributed by atoms with Gasteiger partial charge in [-0.2, -0.15) is 5.10 Å². The summed E-state index contributed by atoms with van der Waals surface area (Å²) in [4.78, 5) is 12.6. The number of halogens is 1. The Kier molecular flexibility index (Phi) is 4.34. The highest BCUT2D eigenvalue weighted by atomic mass is 79.9. The van der Waals surface area contributed by atoms with Crippen molar-refractivity contribution in [1.82, 2.24) is 15.1 Å². The number of hydrogen-bond donors (Lipinski definition) is 1. The molecule has 0 saturated carbocycles. The normalized spacial score (nSPS) is 17.7. The van der Waals surface area contributed by atoms with Gasteiger partial charge in [-0.25, -0.2) is 0 Å². The molecule has 4 nitrogen and oxygen atoms in total. The van der Waals surface area contributed by atoms with Crippen molar-refractivity contribution in [1.29, 1.82) is 0 Å². The Hall–Kier alpha value is -1.62. The Bertz CT molecular complexity index is 708. The molecule has 1 aromatic carbocycles. The number of carbonyl (C=O) groups excluding carboxylic acids is 1. The van der Waals surface area contributed by atoms with Gasteiger partial charge in [-0.05, 0) is 49.4 Å². The highest BCUT2D eigenvalue weighted by Crippen LogP contribution is 2.31. The van der Waals surface area contributed by atoms with Gasteiger partial charge < -0.3 is 5.32 Å². The van der Waals surface area contributed by atoms with Crippen LogP contribution in [-0.4, -0.2) is 15.7 Å².